The molecule has 4 atom stereocenters. The number of fused-ring (bicyclic) bond motifs is 2. The van der Waals surface area contributed by atoms with Gasteiger partial charge in [-0.3, -0.25) is 0 Å². The lowest BCUT2D eigenvalue weighted by molar-refractivity contribution is -0.0239. The highest BCUT2D eigenvalue weighted by molar-refractivity contribution is 4.97. The molecular formula is C14H26O3. The van der Waals surface area contributed by atoms with E-state index in [2.05, 4.69) is 6.92 Å². The molecular weight excluding hydrogens is 216 g/mol. The largest absolute Gasteiger partial charge is 0.396 e. The van der Waals surface area contributed by atoms with Crippen LogP contribution >= 0.6 is 0 Å². The zero-order chi connectivity index (χ0) is 12.1. The standard InChI is InChI=1S/C14H26O3/c1-2-3-4-5-6-9-16-14-11(10-15)12-7-8-13(14)17-12/h11-15H,2-10H2,1H3/t11-,12-,13+,14+/m1/s1. The van der Waals surface area contributed by atoms with Crippen molar-refractivity contribution in [2.24, 2.45) is 5.92 Å². The first-order valence-corrected chi connectivity index (χ1v) is 7.24. The lowest BCUT2D eigenvalue weighted by atomic mass is 9.87. The minimum Gasteiger partial charge on any atom is -0.396 e. The lowest BCUT2D eigenvalue weighted by Crippen LogP contribution is -2.37. The molecule has 3 heteroatoms. The van der Waals surface area contributed by atoms with Gasteiger partial charge in [0.2, 0.25) is 0 Å². The molecule has 0 radical (unpaired) electrons. The summed E-state index contributed by atoms with van der Waals surface area (Å²) in [4.78, 5) is 0. The fourth-order valence-corrected chi connectivity index (χ4v) is 3.11. The molecule has 2 rings (SSSR count). The van der Waals surface area contributed by atoms with E-state index >= 15 is 0 Å². The molecule has 2 heterocycles. The molecule has 0 amide bonds. The number of hydrogen-bond donors (Lipinski definition) is 1. The van der Waals surface area contributed by atoms with E-state index in [0.717, 1.165) is 25.9 Å². The van der Waals surface area contributed by atoms with Crippen LogP contribution in [0.1, 0.15) is 51.9 Å². The van der Waals surface area contributed by atoms with Crippen LogP contribution in [-0.4, -0.2) is 36.6 Å². The maximum absolute atomic E-state index is 9.37. The van der Waals surface area contributed by atoms with Crippen molar-refractivity contribution < 1.29 is 14.6 Å². The number of ether oxygens (including phenoxy) is 2. The van der Waals surface area contributed by atoms with Crippen molar-refractivity contribution >= 4 is 0 Å². The van der Waals surface area contributed by atoms with Gasteiger partial charge in [-0.15, -0.1) is 0 Å². The number of aliphatic hydroxyl groups is 1. The summed E-state index contributed by atoms with van der Waals surface area (Å²) in [5, 5.41) is 9.37. The summed E-state index contributed by atoms with van der Waals surface area (Å²) in [6, 6.07) is 0. The summed E-state index contributed by atoms with van der Waals surface area (Å²) >= 11 is 0. The van der Waals surface area contributed by atoms with Gasteiger partial charge in [-0.1, -0.05) is 32.6 Å². The van der Waals surface area contributed by atoms with Gasteiger partial charge in [-0.05, 0) is 19.3 Å². The third-order valence-corrected chi connectivity index (χ3v) is 4.12. The van der Waals surface area contributed by atoms with Gasteiger partial charge in [0.25, 0.3) is 0 Å². The molecule has 2 aliphatic rings. The van der Waals surface area contributed by atoms with E-state index in [1.165, 1.54) is 25.7 Å². The van der Waals surface area contributed by atoms with E-state index in [1.54, 1.807) is 0 Å². The fourth-order valence-electron chi connectivity index (χ4n) is 3.11. The SMILES string of the molecule is CCCCCCCO[C@H]1[C@H](CO)[C@H]2CC[C@@H]1O2. The first-order chi connectivity index (χ1) is 8.36. The van der Waals surface area contributed by atoms with Crippen LogP contribution in [0.4, 0.5) is 0 Å². The van der Waals surface area contributed by atoms with Gasteiger partial charge >= 0.3 is 0 Å². The first-order valence-electron chi connectivity index (χ1n) is 7.24. The molecule has 0 aromatic carbocycles. The molecule has 0 unspecified atom stereocenters. The van der Waals surface area contributed by atoms with Crippen molar-refractivity contribution in [3.63, 3.8) is 0 Å². The smallest absolute Gasteiger partial charge is 0.0911 e. The van der Waals surface area contributed by atoms with E-state index in [-0.39, 0.29) is 30.8 Å². The van der Waals surface area contributed by atoms with Gasteiger partial charge in [-0.25, -0.2) is 0 Å². The highest BCUT2D eigenvalue weighted by Crippen LogP contribution is 2.40. The predicted molar refractivity (Wildman–Crippen MR) is 67.0 cm³/mol. The first kappa shape index (κ1) is 13.3. The highest BCUT2D eigenvalue weighted by Gasteiger charge is 2.49. The molecule has 2 bridgehead atoms. The Bertz CT molecular complexity index is 220. The number of rotatable bonds is 8. The fraction of sp³-hybridized carbons (Fsp3) is 1.00. The maximum atomic E-state index is 9.37. The van der Waals surface area contributed by atoms with Gasteiger partial charge in [0.1, 0.15) is 0 Å². The van der Waals surface area contributed by atoms with Crippen molar-refractivity contribution in [2.45, 2.75) is 70.2 Å². The van der Waals surface area contributed by atoms with Crippen molar-refractivity contribution in [2.75, 3.05) is 13.2 Å². The average Bonchev–Trinajstić information content (AvgIpc) is 2.93. The lowest BCUT2D eigenvalue weighted by Gasteiger charge is -2.26. The molecule has 1 N–H and O–H groups in total. The summed E-state index contributed by atoms with van der Waals surface area (Å²) in [6.07, 6.45) is 9.23. The second-order valence-electron chi connectivity index (χ2n) is 5.39. The van der Waals surface area contributed by atoms with Crippen LogP contribution < -0.4 is 0 Å². The molecule has 2 aliphatic heterocycles. The Balaban J connectivity index is 1.62. The Kier molecular flexibility index (Phi) is 5.26. The van der Waals surface area contributed by atoms with Crippen molar-refractivity contribution in [1.29, 1.82) is 0 Å². The van der Waals surface area contributed by atoms with E-state index in [1.807, 2.05) is 0 Å². The van der Waals surface area contributed by atoms with Crippen LogP contribution in [0.5, 0.6) is 0 Å². The molecule has 100 valence electrons. The number of hydrogen-bond acceptors (Lipinski definition) is 3. The Morgan fingerprint density at radius 3 is 2.65 bits per heavy atom. The Hall–Kier alpha value is -0.120. The Morgan fingerprint density at radius 1 is 1.12 bits per heavy atom. The minimum atomic E-state index is 0.157. The molecule has 3 nitrogen and oxygen atoms in total. The van der Waals surface area contributed by atoms with Gasteiger partial charge in [0.15, 0.2) is 0 Å². The molecule has 2 fully saturated rings. The van der Waals surface area contributed by atoms with Crippen LogP contribution in [0.3, 0.4) is 0 Å². The summed E-state index contributed by atoms with van der Waals surface area (Å²) in [6.45, 7) is 3.27. The van der Waals surface area contributed by atoms with Gasteiger partial charge in [-0.2, -0.15) is 0 Å². The third-order valence-electron chi connectivity index (χ3n) is 4.12. The quantitative estimate of drug-likeness (QED) is 0.665. The third kappa shape index (κ3) is 3.21. The zero-order valence-corrected chi connectivity index (χ0v) is 10.9. The van der Waals surface area contributed by atoms with Gasteiger partial charge in [0.05, 0.1) is 24.9 Å². The van der Waals surface area contributed by atoms with E-state index in [4.69, 9.17) is 9.47 Å². The normalized spacial score (nSPS) is 35.6. The monoisotopic (exact) mass is 242 g/mol. The predicted octanol–water partition coefficient (Wildman–Crippen LogP) is 2.51. The Labute approximate surface area is 104 Å². The number of unbranched alkanes of at least 4 members (excludes halogenated alkanes) is 4. The second kappa shape index (κ2) is 6.72. The summed E-state index contributed by atoms with van der Waals surface area (Å²) in [5.41, 5.74) is 0. The van der Waals surface area contributed by atoms with Crippen molar-refractivity contribution in [1.82, 2.24) is 0 Å². The zero-order valence-electron chi connectivity index (χ0n) is 10.9. The van der Waals surface area contributed by atoms with Gasteiger partial charge < -0.3 is 14.6 Å². The number of aliphatic hydroxyl groups excluding tert-OH is 1. The molecule has 0 spiro atoms. The molecule has 2 saturated heterocycles. The highest BCUT2D eigenvalue weighted by atomic mass is 16.6. The van der Waals surface area contributed by atoms with E-state index in [0.29, 0.717) is 0 Å². The average molecular weight is 242 g/mol. The molecule has 0 aromatic heterocycles. The molecule has 0 aromatic rings. The van der Waals surface area contributed by atoms with E-state index in [9.17, 15) is 5.11 Å². The van der Waals surface area contributed by atoms with Crippen LogP contribution in [0, 0.1) is 5.92 Å². The molecule has 0 saturated carbocycles. The van der Waals surface area contributed by atoms with Crippen LogP contribution in [-0.2, 0) is 9.47 Å². The van der Waals surface area contributed by atoms with Gasteiger partial charge in [0, 0.05) is 12.5 Å². The minimum absolute atomic E-state index is 0.157. The molecule has 17 heavy (non-hydrogen) atoms. The second-order valence-corrected chi connectivity index (χ2v) is 5.39. The molecule has 0 aliphatic carbocycles. The Morgan fingerprint density at radius 2 is 1.88 bits per heavy atom. The van der Waals surface area contributed by atoms with Crippen molar-refractivity contribution in [3.05, 3.63) is 0 Å². The van der Waals surface area contributed by atoms with E-state index < -0.39 is 0 Å². The summed E-state index contributed by atoms with van der Waals surface area (Å²) in [5.74, 6) is 0.226. The maximum Gasteiger partial charge on any atom is 0.0911 e. The van der Waals surface area contributed by atoms with Crippen LogP contribution in [0.15, 0.2) is 0 Å². The van der Waals surface area contributed by atoms with Crippen molar-refractivity contribution in [3.8, 4) is 0 Å². The van der Waals surface area contributed by atoms with Crippen LogP contribution in [0.25, 0.3) is 0 Å². The topological polar surface area (TPSA) is 38.7 Å². The summed E-state index contributed by atoms with van der Waals surface area (Å²) < 4.78 is 11.7. The van der Waals surface area contributed by atoms with Crippen LogP contribution in [0.2, 0.25) is 0 Å². The summed E-state index contributed by atoms with van der Waals surface area (Å²) in [7, 11) is 0.